The van der Waals surface area contributed by atoms with Gasteiger partial charge in [-0.25, -0.2) is 0 Å². The molecule has 1 aliphatic carbocycles. The first-order valence-electron chi connectivity index (χ1n) is 6.05. The standard InChI is InChI=1S/C11H18ClN5/c1-7(8-5-3-4-6-8)14-11-16-9(12)15-10(13-2)17-11/h7-8H,3-6H2,1-2H3,(H2,13,14,15,16,17). The van der Waals surface area contributed by atoms with E-state index in [9.17, 15) is 0 Å². The average Bonchev–Trinajstić information content (AvgIpc) is 2.81. The van der Waals surface area contributed by atoms with E-state index in [4.69, 9.17) is 11.6 Å². The van der Waals surface area contributed by atoms with Crippen molar-refractivity contribution in [1.29, 1.82) is 0 Å². The van der Waals surface area contributed by atoms with Gasteiger partial charge in [-0.15, -0.1) is 0 Å². The summed E-state index contributed by atoms with van der Waals surface area (Å²) in [5.41, 5.74) is 0. The van der Waals surface area contributed by atoms with Gasteiger partial charge in [0.1, 0.15) is 0 Å². The van der Waals surface area contributed by atoms with Gasteiger partial charge in [0.2, 0.25) is 17.2 Å². The van der Waals surface area contributed by atoms with Gasteiger partial charge in [-0.3, -0.25) is 0 Å². The summed E-state index contributed by atoms with van der Waals surface area (Å²) in [4.78, 5) is 12.3. The summed E-state index contributed by atoms with van der Waals surface area (Å²) < 4.78 is 0. The molecule has 6 heteroatoms. The molecule has 1 aromatic heterocycles. The first-order chi connectivity index (χ1) is 8.19. The van der Waals surface area contributed by atoms with Crippen LogP contribution in [0.1, 0.15) is 32.6 Å². The van der Waals surface area contributed by atoms with Crippen LogP contribution in [0.2, 0.25) is 5.28 Å². The van der Waals surface area contributed by atoms with Crippen LogP contribution in [0.5, 0.6) is 0 Å². The van der Waals surface area contributed by atoms with Gasteiger partial charge in [0.05, 0.1) is 0 Å². The molecule has 0 amide bonds. The average molecular weight is 256 g/mol. The number of aromatic nitrogens is 3. The van der Waals surface area contributed by atoms with Crippen LogP contribution in [0.3, 0.4) is 0 Å². The smallest absolute Gasteiger partial charge is 0.229 e. The van der Waals surface area contributed by atoms with Crippen LogP contribution < -0.4 is 10.6 Å². The monoisotopic (exact) mass is 255 g/mol. The number of hydrogen-bond donors (Lipinski definition) is 2. The van der Waals surface area contributed by atoms with Crippen LogP contribution in [0.25, 0.3) is 0 Å². The molecule has 1 fully saturated rings. The first kappa shape index (κ1) is 12.4. The van der Waals surface area contributed by atoms with Gasteiger partial charge in [0.15, 0.2) is 0 Å². The Hall–Kier alpha value is -1.10. The lowest BCUT2D eigenvalue weighted by Crippen LogP contribution is -2.25. The lowest BCUT2D eigenvalue weighted by molar-refractivity contribution is 0.480. The quantitative estimate of drug-likeness (QED) is 0.866. The lowest BCUT2D eigenvalue weighted by Gasteiger charge is -2.20. The molecular formula is C11H18ClN5. The molecule has 2 N–H and O–H groups in total. The number of hydrogen-bond acceptors (Lipinski definition) is 5. The molecular weight excluding hydrogens is 238 g/mol. The molecule has 1 atom stereocenters. The van der Waals surface area contributed by atoms with E-state index in [0.29, 0.717) is 23.9 Å². The number of rotatable bonds is 4. The Labute approximate surface area is 106 Å². The van der Waals surface area contributed by atoms with Crippen LogP contribution in [-0.4, -0.2) is 28.0 Å². The van der Waals surface area contributed by atoms with E-state index in [1.807, 2.05) is 0 Å². The van der Waals surface area contributed by atoms with Gasteiger partial charge >= 0.3 is 0 Å². The van der Waals surface area contributed by atoms with E-state index in [-0.39, 0.29) is 5.28 Å². The molecule has 0 bridgehead atoms. The second-order valence-electron chi connectivity index (χ2n) is 4.48. The predicted octanol–water partition coefficient (Wildman–Crippen LogP) is 2.56. The summed E-state index contributed by atoms with van der Waals surface area (Å²) in [5.74, 6) is 1.75. The number of halogens is 1. The van der Waals surface area contributed by atoms with E-state index in [0.717, 1.165) is 0 Å². The third-order valence-corrected chi connectivity index (χ3v) is 3.46. The van der Waals surface area contributed by atoms with Crippen molar-refractivity contribution >= 4 is 23.5 Å². The Balaban J connectivity index is 2.04. The topological polar surface area (TPSA) is 62.7 Å². The highest BCUT2D eigenvalue weighted by Gasteiger charge is 2.22. The minimum absolute atomic E-state index is 0.213. The Kier molecular flexibility index (Phi) is 3.99. The van der Waals surface area contributed by atoms with Crippen molar-refractivity contribution in [2.45, 2.75) is 38.6 Å². The van der Waals surface area contributed by atoms with Crippen LogP contribution >= 0.6 is 11.6 Å². The van der Waals surface area contributed by atoms with E-state index in [1.165, 1.54) is 25.7 Å². The molecule has 1 unspecified atom stereocenters. The van der Waals surface area contributed by atoms with Crippen LogP contribution in [-0.2, 0) is 0 Å². The largest absolute Gasteiger partial charge is 0.357 e. The first-order valence-corrected chi connectivity index (χ1v) is 6.42. The van der Waals surface area contributed by atoms with E-state index in [2.05, 4.69) is 32.5 Å². The molecule has 17 heavy (non-hydrogen) atoms. The van der Waals surface area contributed by atoms with E-state index < -0.39 is 0 Å². The SMILES string of the molecule is CNc1nc(Cl)nc(NC(C)C2CCCC2)n1. The Morgan fingerprint density at radius 1 is 1.18 bits per heavy atom. The van der Waals surface area contributed by atoms with Crippen molar-refractivity contribution in [2.75, 3.05) is 17.7 Å². The molecule has 1 aromatic rings. The second kappa shape index (κ2) is 5.49. The molecule has 1 aliphatic rings. The third kappa shape index (κ3) is 3.19. The van der Waals surface area contributed by atoms with Gasteiger partial charge < -0.3 is 10.6 Å². The fourth-order valence-electron chi connectivity index (χ4n) is 2.31. The zero-order valence-electron chi connectivity index (χ0n) is 10.2. The summed E-state index contributed by atoms with van der Waals surface area (Å²) in [6.45, 7) is 2.17. The third-order valence-electron chi connectivity index (χ3n) is 3.30. The molecule has 1 heterocycles. The Morgan fingerprint density at radius 3 is 2.47 bits per heavy atom. The van der Waals surface area contributed by atoms with Crippen molar-refractivity contribution in [3.8, 4) is 0 Å². The van der Waals surface area contributed by atoms with Crippen LogP contribution in [0, 0.1) is 5.92 Å². The normalized spacial score (nSPS) is 18.1. The maximum Gasteiger partial charge on any atom is 0.229 e. The van der Waals surface area contributed by atoms with Crippen molar-refractivity contribution in [1.82, 2.24) is 15.0 Å². The van der Waals surface area contributed by atoms with Gasteiger partial charge in [-0.05, 0) is 37.3 Å². The molecule has 0 saturated heterocycles. The molecule has 0 radical (unpaired) electrons. The summed E-state index contributed by atoms with van der Waals surface area (Å²) in [5, 5.41) is 6.39. The van der Waals surface area contributed by atoms with Crippen molar-refractivity contribution < 1.29 is 0 Å². The number of nitrogens with one attached hydrogen (secondary N) is 2. The molecule has 2 rings (SSSR count). The van der Waals surface area contributed by atoms with Crippen molar-refractivity contribution in [3.63, 3.8) is 0 Å². The zero-order chi connectivity index (χ0) is 12.3. The predicted molar refractivity (Wildman–Crippen MR) is 69.4 cm³/mol. The van der Waals surface area contributed by atoms with Gasteiger partial charge in [-0.1, -0.05) is 12.8 Å². The van der Waals surface area contributed by atoms with Gasteiger partial charge in [-0.2, -0.15) is 15.0 Å². The maximum absolute atomic E-state index is 5.83. The second-order valence-corrected chi connectivity index (χ2v) is 4.82. The van der Waals surface area contributed by atoms with Gasteiger partial charge in [0.25, 0.3) is 0 Å². The van der Waals surface area contributed by atoms with E-state index >= 15 is 0 Å². The summed E-state index contributed by atoms with van der Waals surface area (Å²) in [6.07, 6.45) is 5.23. The molecule has 0 aliphatic heterocycles. The highest BCUT2D eigenvalue weighted by atomic mass is 35.5. The summed E-state index contributed by atoms with van der Waals surface area (Å²) in [7, 11) is 1.76. The Bertz CT molecular complexity index is 378. The molecule has 0 aromatic carbocycles. The minimum atomic E-state index is 0.213. The Morgan fingerprint density at radius 2 is 1.82 bits per heavy atom. The highest BCUT2D eigenvalue weighted by Crippen LogP contribution is 2.28. The van der Waals surface area contributed by atoms with Crippen molar-refractivity contribution in [2.24, 2.45) is 5.92 Å². The molecule has 94 valence electrons. The fourth-order valence-corrected chi connectivity index (χ4v) is 2.47. The van der Waals surface area contributed by atoms with Crippen LogP contribution in [0.4, 0.5) is 11.9 Å². The molecule has 0 spiro atoms. The lowest BCUT2D eigenvalue weighted by atomic mass is 10.0. The van der Waals surface area contributed by atoms with Crippen molar-refractivity contribution in [3.05, 3.63) is 5.28 Å². The highest BCUT2D eigenvalue weighted by molar-refractivity contribution is 6.28. The van der Waals surface area contributed by atoms with Gasteiger partial charge in [0, 0.05) is 13.1 Å². The molecule has 5 nitrogen and oxygen atoms in total. The summed E-state index contributed by atoms with van der Waals surface area (Å²) in [6, 6.07) is 0.376. The maximum atomic E-state index is 5.83. The van der Waals surface area contributed by atoms with E-state index in [1.54, 1.807) is 7.05 Å². The molecule has 1 saturated carbocycles. The number of nitrogens with zero attached hydrogens (tertiary/aromatic N) is 3. The summed E-state index contributed by atoms with van der Waals surface area (Å²) >= 11 is 5.83. The zero-order valence-corrected chi connectivity index (χ0v) is 11.0. The van der Waals surface area contributed by atoms with Crippen LogP contribution in [0.15, 0.2) is 0 Å². The minimum Gasteiger partial charge on any atom is -0.357 e. The fraction of sp³-hybridized carbons (Fsp3) is 0.727. The number of anilines is 2.